The number of carbonyl (C=O) groups is 1. The fraction of sp³-hybridized carbons (Fsp3) is 0.500. The van der Waals surface area contributed by atoms with Gasteiger partial charge in [-0.3, -0.25) is 4.79 Å². The maximum Gasteiger partial charge on any atom is 0.220 e. The lowest BCUT2D eigenvalue weighted by Gasteiger charge is -2.31. The molecule has 1 aliphatic rings. The molecule has 1 aliphatic heterocycles. The topological polar surface area (TPSA) is 64.3 Å². The van der Waals surface area contributed by atoms with Gasteiger partial charge in [0.15, 0.2) is 0 Å². The van der Waals surface area contributed by atoms with E-state index in [-0.39, 0.29) is 11.3 Å². The zero-order valence-corrected chi connectivity index (χ0v) is 10.7. The largest absolute Gasteiger partial charge is 0.497 e. The van der Waals surface area contributed by atoms with E-state index in [4.69, 9.17) is 10.5 Å². The highest BCUT2D eigenvalue weighted by Gasteiger charge is 2.33. The molecule has 18 heavy (non-hydrogen) atoms. The van der Waals surface area contributed by atoms with Gasteiger partial charge in [-0.25, -0.2) is 0 Å². The quantitative estimate of drug-likeness (QED) is 0.844. The van der Waals surface area contributed by atoms with Crippen molar-refractivity contribution in [3.8, 4) is 5.75 Å². The van der Waals surface area contributed by atoms with Gasteiger partial charge in [0.05, 0.1) is 7.11 Å². The van der Waals surface area contributed by atoms with E-state index in [0.29, 0.717) is 19.5 Å². The van der Waals surface area contributed by atoms with E-state index < -0.39 is 0 Å². The number of amides is 1. The first kappa shape index (κ1) is 12.9. The van der Waals surface area contributed by atoms with Crippen molar-refractivity contribution in [3.63, 3.8) is 0 Å². The Morgan fingerprint density at radius 2 is 2.06 bits per heavy atom. The molecule has 1 aromatic carbocycles. The Bertz CT molecular complexity index is 416. The second kappa shape index (κ2) is 5.40. The van der Waals surface area contributed by atoms with Crippen molar-refractivity contribution in [2.45, 2.75) is 24.7 Å². The van der Waals surface area contributed by atoms with Crippen molar-refractivity contribution in [2.24, 2.45) is 5.73 Å². The lowest BCUT2D eigenvalue weighted by Crippen LogP contribution is -2.36. The molecule has 1 unspecified atom stereocenters. The van der Waals surface area contributed by atoms with E-state index in [9.17, 15) is 4.79 Å². The zero-order chi connectivity index (χ0) is 13.0. The number of rotatable bonds is 3. The smallest absolute Gasteiger partial charge is 0.220 e. The Labute approximate surface area is 108 Å². The van der Waals surface area contributed by atoms with Crippen LogP contribution in [-0.4, -0.2) is 26.1 Å². The molecular weight excluding hydrogens is 228 g/mol. The molecule has 3 N–H and O–H groups in total. The van der Waals surface area contributed by atoms with Crippen molar-refractivity contribution in [1.29, 1.82) is 0 Å². The third kappa shape index (κ3) is 2.48. The molecule has 1 heterocycles. The van der Waals surface area contributed by atoms with Gasteiger partial charge in [0, 0.05) is 24.9 Å². The summed E-state index contributed by atoms with van der Waals surface area (Å²) in [5.74, 6) is 0.965. The number of methoxy groups -OCH3 is 1. The van der Waals surface area contributed by atoms with Gasteiger partial charge >= 0.3 is 0 Å². The normalized spacial score (nSPS) is 24.2. The fourth-order valence-electron chi connectivity index (χ4n) is 2.56. The molecule has 0 saturated carbocycles. The minimum Gasteiger partial charge on any atom is -0.497 e. The molecule has 1 atom stereocenters. The summed E-state index contributed by atoms with van der Waals surface area (Å²) in [6, 6.07) is 8.02. The third-order valence-corrected chi connectivity index (χ3v) is 3.85. The average Bonchev–Trinajstić information content (AvgIpc) is 2.62. The van der Waals surface area contributed by atoms with Crippen LogP contribution >= 0.6 is 0 Å². The van der Waals surface area contributed by atoms with E-state index in [1.54, 1.807) is 7.11 Å². The standard InChI is InChI=1S/C14H20N2O2/c1-18-12-4-2-11(3-5-12)14(10-15)7-6-13(17)16-9-8-14/h2-5H,6-10,15H2,1H3,(H,16,17). The highest BCUT2D eigenvalue weighted by Crippen LogP contribution is 2.34. The van der Waals surface area contributed by atoms with E-state index >= 15 is 0 Å². The van der Waals surface area contributed by atoms with Gasteiger partial charge in [-0.15, -0.1) is 0 Å². The summed E-state index contributed by atoms with van der Waals surface area (Å²) in [6.45, 7) is 1.26. The molecular formula is C14H20N2O2. The molecule has 1 saturated heterocycles. The monoisotopic (exact) mass is 248 g/mol. The summed E-state index contributed by atoms with van der Waals surface area (Å²) in [6.07, 6.45) is 2.24. The number of hydrogen-bond donors (Lipinski definition) is 2. The van der Waals surface area contributed by atoms with Crippen molar-refractivity contribution >= 4 is 5.91 Å². The van der Waals surface area contributed by atoms with Gasteiger partial charge in [-0.05, 0) is 30.5 Å². The lowest BCUT2D eigenvalue weighted by molar-refractivity contribution is -0.120. The Morgan fingerprint density at radius 1 is 1.33 bits per heavy atom. The van der Waals surface area contributed by atoms with Gasteiger partial charge < -0.3 is 15.8 Å². The number of hydrogen-bond acceptors (Lipinski definition) is 3. The summed E-state index contributed by atoms with van der Waals surface area (Å²) in [4.78, 5) is 11.4. The summed E-state index contributed by atoms with van der Waals surface area (Å²) < 4.78 is 5.17. The first-order valence-corrected chi connectivity index (χ1v) is 6.31. The van der Waals surface area contributed by atoms with Crippen LogP contribution in [-0.2, 0) is 10.2 Å². The predicted molar refractivity (Wildman–Crippen MR) is 70.6 cm³/mol. The first-order valence-electron chi connectivity index (χ1n) is 6.31. The van der Waals surface area contributed by atoms with E-state index in [0.717, 1.165) is 18.6 Å². The van der Waals surface area contributed by atoms with Gasteiger partial charge in [0.1, 0.15) is 5.75 Å². The van der Waals surface area contributed by atoms with Crippen LogP contribution in [0.25, 0.3) is 0 Å². The zero-order valence-electron chi connectivity index (χ0n) is 10.7. The Morgan fingerprint density at radius 3 is 2.67 bits per heavy atom. The lowest BCUT2D eigenvalue weighted by atomic mass is 9.74. The van der Waals surface area contributed by atoms with Crippen LogP contribution in [0.5, 0.6) is 5.75 Å². The van der Waals surface area contributed by atoms with E-state index in [1.807, 2.05) is 12.1 Å². The van der Waals surface area contributed by atoms with E-state index in [2.05, 4.69) is 17.4 Å². The summed E-state index contributed by atoms with van der Waals surface area (Å²) in [7, 11) is 1.65. The number of carbonyl (C=O) groups excluding carboxylic acids is 1. The Hall–Kier alpha value is -1.55. The third-order valence-electron chi connectivity index (χ3n) is 3.85. The van der Waals surface area contributed by atoms with Crippen molar-refractivity contribution in [2.75, 3.05) is 20.2 Å². The van der Waals surface area contributed by atoms with Crippen molar-refractivity contribution in [1.82, 2.24) is 5.32 Å². The van der Waals surface area contributed by atoms with Gasteiger partial charge in [-0.2, -0.15) is 0 Å². The van der Waals surface area contributed by atoms with Crippen LogP contribution in [0.15, 0.2) is 24.3 Å². The van der Waals surface area contributed by atoms with Gasteiger partial charge in [0.25, 0.3) is 0 Å². The average molecular weight is 248 g/mol. The van der Waals surface area contributed by atoms with Crippen LogP contribution in [0.2, 0.25) is 0 Å². The molecule has 2 rings (SSSR count). The first-order chi connectivity index (χ1) is 8.70. The van der Waals surface area contributed by atoms with Gasteiger partial charge in [0.2, 0.25) is 5.91 Å². The van der Waals surface area contributed by atoms with Crippen molar-refractivity contribution in [3.05, 3.63) is 29.8 Å². The van der Waals surface area contributed by atoms with Crippen LogP contribution < -0.4 is 15.8 Å². The highest BCUT2D eigenvalue weighted by molar-refractivity contribution is 5.76. The molecule has 0 radical (unpaired) electrons. The molecule has 0 spiro atoms. The minimum atomic E-state index is -0.0918. The summed E-state index contributed by atoms with van der Waals surface area (Å²) in [5, 5.41) is 2.91. The summed E-state index contributed by atoms with van der Waals surface area (Å²) >= 11 is 0. The molecule has 0 aliphatic carbocycles. The second-order valence-electron chi connectivity index (χ2n) is 4.81. The van der Waals surface area contributed by atoms with Crippen molar-refractivity contribution < 1.29 is 9.53 Å². The number of benzene rings is 1. The maximum atomic E-state index is 11.4. The van der Waals surface area contributed by atoms with Crippen LogP contribution in [0.4, 0.5) is 0 Å². The highest BCUT2D eigenvalue weighted by atomic mass is 16.5. The molecule has 1 fully saturated rings. The summed E-state index contributed by atoms with van der Waals surface area (Å²) in [5.41, 5.74) is 7.09. The predicted octanol–water partition coefficient (Wildman–Crippen LogP) is 1.19. The number of nitrogens with two attached hydrogens (primary N) is 1. The molecule has 4 nitrogen and oxygen atoms in total. The number of ether oxygens (including phenoxy) is 1. The number of nitrogens with one attached hydrogen (secondary N) is 1. The molecule has 1 aromatic rings. The maximum absolute atomic E-state index is 11.4. The molecule has 0 bridgehead atoms. The fourth-order valence-corrected chi connectivity index (χ4v) is 2.56. The minimum absolute atomic E-state index is 0.0918. The SMILES string of the molecule is COc1ccc(C2(CN)CCNC(=O)CC2)cc1. The molecule has 98 valence electrons. The van der Waals surface area contributed by atoms with Crippen LogP contribution in [0.3, 0.4) is 0 Å². The molecule has 1 amide bonds. The van der Waals surface area contributed by atoms with E-state index in [1.165, 1.54) is 5.56 Å². The van der Waals surface area contributed by atoms with Crippen LogP contribution in [0, 0.1) is 0 Å². The molecule has 4 heteroatoms. The van der Waals surface area contributed by atoms with Gasteiger partial charge in [-0.1, -0.05) is 12.1 Å². The Balaban J connectivity index is 2.27. The second-order valence-corrected chi connectivity index (χ2v) is 4.81. The molecule has 0 aromatic heterocycles. The Kier molecular flexibility index (Phi) is 3.87. The van der Waals surface area contributed by atoms with Crippen LogP contribution in [0.1, 0.15) is 24.8 Å².